The van der Waals surface area contributed by atoms with Gasteiger partial charge in [-0.1, -0.05) is 11.8 Å². The zero-order valence-corrected chi connectivity index (χ0v) is 22.8. The fourth-order valence-electron chi connectivity index (χ4n) is 3.87. The standard InChI is InChI=1S/C29H30N4O5S/c1-4-37-24-14-10-22(11-15-24)32-29-33(23-12-16-25(17-13-23)38-5-2)27(35)18-26(39-29)28(36)31-21-8-6-20(7-9-21)30-19(3)34/h6-17,26H,4-5,18H2,1-3H3,(H,30,34)(H,31,36)/t26-/m0/s1. The molecule has 1 atom stereocenters. The van der Waals surface area contributed by atoms with E-state index in [1.54, 1.807) is 60.7 Å². The molecule has 202 valence electrons. The number of carbonyl (C=O) groups excluding carboxylic acids is 3. The third kappa shape index (κ3) is 7.38. The van der Waals surface area contributed by atoms with Gasteiger partial charge in [0, 0.05) is 24.7 Å². The van der Waals surface area contributed by atoms with E-state index in [1.165, 1.54) is 23.6 Å². The number of hydrogen-bond acceptors (Lipinski definition) is 7. The molecule has 0 radical (unpaired) electrons. The van der Waals surface area contributed by atoms with Crippen LogP contribution in [0.2, 0.25) is 0 Å². The predicted octanol–water partition coefficient (Wildman–Crippen LogP) is 5.61. The molecular weight excluding hydrogens is 516 g/mol. The Morgan fingerprint density at radius 1 is 0.872 bits per heavy atom. The molecule has 3 aromatic carbocycles. The summed E-state index contributed by atoms with van der Waals surface area (Å²) in [5.74, 6) is 0.680. The van der Waals surface area contributed by atoms with Crippen molar-refractivity contribution in [3.8, 4) is 11.5 Å². The van der Waals surface area contributed by atoms with Crippen molar-refractivity contribution in [3.05, 3.63) is 72.8 Å². The molecule has 0 aliphatic carbocycles. The van der Waals surface area contributed by atoms with Gasteiger partial charge in [0.25, 0.3) is 0 Å². The summed E-state index contributed by atoms with van der Waals surface area (Å²) < 4.78 is 11.1. The van der Waals surface area contributed by atoms with Gasteiger partial charge in [0.1, 0.15) is 16.7 Å². The van der Waals surface area contributed by atoms with Gasteiger partial charge in [0.2, 0.25) is 17.7 Å². The third-order valence-electron chi connectivity index (χ3n) is 5.59. The number of rotatable bonds is 9. The Bertz CT molecular complexity index is 1340. The molecule has 10 heteroatoms. The number of aliphatic imine (C=N–C) groups is 1. The average Bonchev–Trinajstić information content (AvgIpc) is 2.91. The summed E-state index contributed by atoms with van der Waals surface area (Å²) in [6.07, 6.45) is -0.00398. The van der Waals surface area contributed by atoms with Gasteiger partial charge < -0.3 is 20.1 Å². The lowest BCUT2D eigenvalue weighted by Crippen LogP contribution is -2.45. The molecule has 0 unspecified atom stereocenters. The van der Waals surface area contributed by atoms with Gasteiger partial charge in [0.05, 0.1) is 24.6 Å². The number of hydrogen-bond donors (Lipinski definition) is 2. The molecule has 3 aromatic rings. The molecular formula is C29H30N4O5S. The van der Waals surface area contributed by atoms with Crippen LogP contribution in [0.5, 0.6) is 11.5 Å². The van der Waals surface area contributed by atoms with Crippen molar-refractivity contribution < 1.29 is 23.9 Å². The fraction of sp³-hybridized carbons (Fsp3) is 0.241. The summed E-state index contributed by atoms with van der Waals surface area (Å²) in [5.41, 5.74) is 2.44. The van der Waals surface area contributed by atoms with Crippen LogP contribution in [-0.4, -0.2) is 41.4 Å². The first kappa shape index (κ1) is 27.7. The van der Waals surface area contributed by atoms with Crippen LogP contribution in [0, 0.1) is 0 Å². The van der Waals surface area contributed by atoms with Crippen molar-refractivity contribution in [2.45, 2.75) is 32.4 Å². The Labute approximate surface area is 231 Å². The Hall–Kier alpha value is -4.31. The van der Waals surface area contributed by atoms with Crippen LogP contribution in [0.15, 0.2) is 77.8 Å². The minimum atomic E-state index is -0.687. The molecule has 4 rings (SSSR count). The van der Waals surface area contributed by atoms with Crippen LogP contribution in [0.4, 0.5) is 22.7 Å². The van der Waals surface area contributed by atoms with E-state index in [-0.39, 0.29) is 24.1 Å². The van der Waals surface area contributed by atoms with E-state index in [4.69, 9.17) is 14.5 Å². The van der Waals surface area contributed by atoms with Crippen molar-refractivity contribution in [2.75, 3.05) is 28.7 Å². The number of nitrogens with one attached hydrogen (secondary N) is 2. The molecule has 2 N–H and O–H groups in total. The fourth-order valence-corrected chi connectivity index (χ4v) is 4.99. The highest BCUT2D eigenvalue weighted by molar-refractivity contribution is 8.15. The van der Waals surface area contributed by atoms with E-state index < -0.39 is 5.25 Å². The van der Waals surface area contributed by atoms with Crippen LogP contribution in [-0.2, 0) is 14.4 Å². The monoisotopic (exact) mass is 546 g/mol. The van der Waals surface area contributed by atoms with E-state index in [9.17, 15) is 14.4 Å². The van der Waals surface area contributed by atoms with Gasteiger partial charge in [0.15, 0.2) is 5.17 Å². The quantitative estimate of drug-likeness (QED) is 0.361. The van der Waals surface area contributed by atoms with Crippen molar-refractivity contribution in [2.24, 2.45) is 4.99 Å². The molecule has 1 aliphatic heterocycles. The number of ether oxygens (including phenoxy) is 2. The van der Waals surface area contributed by atoms with Crippen LogP contribution in [0.25, 0.3) is 0 Å². The molecule has 0 spiro atoms. The zero-order valence-electron chi connectivity index (χ0n) is 22.0. The first-order chi connectivity index (χ1) is 18.9. The molecule has 1 heterocycles. The normalized spacial score (nSPS) is 16.1. The van der Waals surface area contributed by atoms with E-state index in [2.05, 4.69) is 10.6 Å². The summed E-state index contributed by atoms with van der Waals surface area (Å²) in [7, 11) is 0. The second kappa shape index (κ2) is 13.0. The molecule has 0 bridgehead atoms. The molecule has 39 heavy (non-hydrogen) atoms. The summed E-state index contributed by atoms with van der Waals surface area (Å²) in [4.78, 5) is 44.1. The highest BCUT2D eigenvalue weighted by Crippen LogP contribution is 2.34. The van der Waals surface area contributed by atoms with E-state index in [0.29, 0.717) is 46.9 Å². The number of benzene rings is 3. The Morgan fingerprint density at radius 3 is 1.95 bits per heavy atom. The highest BCUT2D eigenvalue weighted by atomic mass is 32.2. The van der Waals surface area contributed by atoms with Crippen molar-refractivity contribution in [1.82, 2.24) is 0 Å². The zero-order chi connectivity index (χ0) is 27.8. The maximum absolute atomic E-state index is 13.4. The van der Waals surface area contributed by atoms with E-state index in [1.807, 2.05) is 26.0 Å². The summed E-state index contributed by atoms with van der Waals surface area (Å²) in [5, 5.41) is 5.25. The molecule has 9 nitrogen and oxygen atoms in total. The summed E-state index contributed by atoms with van der Waals surface area (Å²) in [6.45, 7) is 6.33. The number of anilines is 3. The number of carbonyl (C=O) groups is 3. The Balaban J connectivity index is 1.58. The minimum Gasteiger partial charge on any atom is -0.494 e. The number of amides is 3. The second-order valence-corrected chi connectivity index (χ2v) is 9.71. The van der Waals surface area contributed by atoms with Crippen LogP contribution >= 0.6 is 11.8 Å². The third-order valence-corrected chi connectivity index (χ3v) is 6.74. The molecule has 1 fully saturated rings. The molecule has 1 saturated heterocycles. The van der Waals surface area contributed by atoms with Gasteiger partial charge >= 0.3 is 0 Å². The van der Waals surface area contributed by atoms with Crippen molar-refractivity contribution in [1.29, 1.82) is 0 Å². The van der Waals surface area contributed by atoms with Crippen molar-refractivity contribution >= 4 is 57.4 Å². The molecule has 1 aliphatic rings. The lowest BCUT2D eigenvalue weighted by molar-refractivity contribution is -0.121. The topological polar surface area (TPSA) is 109 Å². The smallest absolute Gasteiger partial charge is 0.238 e. The highest BCUT2D eigenvalue weighted by Gasteiger charge is 2.37. The van der Waals surface area contributed by atoms with Crippen LogP contribution < -0.4 is 25.0 Å². The van der Waals surface area contributed by atoms with E-state index >= 15 is 0 Å². The molecule has 3 amide bonds. The van der Waals surface area contributed by atoms with Gasteiger partial charge in [-0.2, -0.15) is 0 Å². The van der Waals surface area contributed by atoms with E-state index in [0.717, 1.165) is 5.75 Å². The minimum absolute atomic E-state index is 0.00398. The van der Waals surface area contributed by atoms with Crippen molar-refractivity contribution in [3.63, 3.8) is 0 Å². The lowest BCUT2D eigenvalue weighted by atomic mass is 10.2. The predicted molar refractivity (Wildman–Crippen MR) is 155 cm³/mol. The Kier molecular flexibility index (Phi) is 9.22. The first-order valence-corrected chi connectivity index (χ1v) is 13.5. The SMILES string of the molecule is CCOc1ccc(N=C2S[C@H](C(=O)Nc3ccc(NC(C)=O)cc3)CC(=O)N2c2ccc(OCC)cc2)cc1. The van der Waals surface area contributed by atoms with Gasteiger partial charge in [-0.15, -0.1) is 0 Å². The Morgan fingerprint density at radius 2 is 1.41 bits per heavy atom. The summed E-state index contributed by atoms with van der Waals surface area (Å²) in [6, 6.07) is 21.2. The van der Waals surface area contributed by atoms with Gasteiger partial charge in [-0.05, 0) is 86.6 Å². The average molecular weight is 547 g/mol. The number of thioether (sulfide) groups is 1. The summed E-state index contributed by atoms with van der Waals surface area (Å²) >= 11 is 1.22. The van der Waals surface area contributed by atoms with Crippen LogP contribution in [0.1, 0.15) is 27.2 Å². The first-order valence-electron chi connectivity index (χ1n) is 12.6. The maximum atomic E-state index is 13.4. The number of nitrogens with zero attached hydrogens (tertiary/aromatic N) is 2. The number of amidine groups is 1. The lowest BCUT2D eigenvalue weighted by Gasteiger charge is -2.32. The van der Waals surface area contributed by atoms with Gasteiger partial charge in [-0.3, -0.25) is 19.3 Å². The van der Waals surface area contributed by atoms with Crippen LogP contribution in [0.3, 0.4) is 0 Å². The molecule has 0 saturated carbocycles. The van der Waals surface area contributed by atoms with Gasteiger partial charge in [-0.25, -0.2) is 4.99 Å². The second-order valence-electron chi connectivity index (χ2n) is 8.54. The molecule has 0 aromatic heterocycles. The largest absolute Gasteiger partial charge is 0.494 e. The maximum Gasteiger partial charge on any atom is 0.238 e.